The molecule has 0 unspecified atom stereocenters. The van der Waals surface area contributed by atoms with Crippen LogP contribution in [0.15, 0.2) is 0 Å². The van der Waals surface area contributed by atoms with Crippen molar-refractivity contribution in [1.82, 2.24) is 10.6 Å². The molecule has 0 heterocycles. The van der Waals surface area contributed by atoms with Gasteiger partial charge >= 0.3 is 0 Å². The van der Waals surface area contributed by atoms with E-state index in [-0.39, 0.29) is 5.54 Å². The number of thiocarbonyl (C=S) groups is 1. The van der Waals surface area contributed by atoms with Gasteiger partial charge in [0.05, 0.1) is 0 Å². The highest BCUT2D eigenvalue weighted by atomic mass is 32.1. The second-order valence-electron chi connectivity index (χ2n) is 4.85. The van der Waals surface area contributed by atoms with Gasteiger partial charge in [-0.05, 0) is 38.4 Å². The van der Waals surface area contributed by atoms with Crippen LogP contribution in [0.1, 0.15) is 45.4 Å². The van der Waals surface area contributed by atoms with Crippen molar-refractivity contribution in [2.75, 3.05) is 20.3 Å². The Hall–Kier alpha value is -0.350. The van der Waals surface area contributed by atoms with Gasteiger partial charge in [-0.2, -0.15) is 0 Å². The molecule has 0 aromatic rings. The molecule has 0 spiro atoms. The molecule has 16 heavy (non-hydrogen) atoms. The molecule has 0 amide bonds. The van der Waals surface area contributed by atoms with Gasteiger partial charge in [0, 0.05) is 25.8 Å². The number of rotatable bonds is 5. The minimum absolute atomic E-state index is 0.212. The Balaban J connectivity index is 2.17. The SMILES string of the molecule is COCCCNC(=S)NC1(C)CCCCC1. The molecule has 3 nitrogen and oxygen atoms in total. The Morgan fingerprint density at radius 3 is 2.62 bits per heavy atom. The van der Waals surface area contributed by atoms with Crippen molar-refractivity contribution in [3.05, 3.63) is 0 Å². The van der Waals surface area contributed by atoms with Gasteiger partial charge in [-0.15, -0.1) is 0 Å². The second-order valence-corrected chi connectivity index (χ2v) is 5.26. The lowest BCUT2D eigenvalue weighted by Gasteiger charge is -2.35. The molecule has 1 saturated carbocycles. The zero-order valence-corrected chi connectivity index (χ0v) is 11.3. The molecule has 0 aliphatic heterocycles. The Morgan fingerprint density at radius 2 is 2.00 bits per heavy atom. The van der Waals surface area contributed by atoms with Crippen LogP contribution >= 0.6 is 12.2 Å². The summed E-state index contributed by atoms with van der Waals surface area (Å²) in [6.07, 6.45) is 7.45. The Labute approximate surface area is 104 Å². The number of ether oxygens (including phenoxy) is 1. The third-order valence-electron chi connectivity index (χ3n) is 3.18. The van der Waals surface area contributed by atoms with Crippen LogP contribution < -0.4 is 10.6 Å². The van der Waals surface area contributed by atoms with Gasteiger partial charge in [-0.1, -0.05) is 19.3 Å². The third-order valence-corrected chi connectivity index (χ3v) is 3.43. The summed E-state index contributed by atoms with van der Waals surface area (Å²) in [5, 5.41) is 7.47. The number of hydrogen-bond donors (Lipinski definition) is 2. The van der Waals surface area contributed by atoms with E-state index in [1.165, 1.54) is 32.1 Å². The topological polar surface area (TPSA) is 33.3 Å². The Kier molecular flexibility index (Phi) is 6.06. The maximum Gasteiger partial charge on any atom is 0.166 e. The quantitative estimate of drug-likeness (QED) is 0.574. The lowest BCUT2D eigenvalue weighted by molar-refractivity contribution is 0.195. The van der Waals surface area contributed by atoms with Crippen molar-refractivity contribution in [3.63, 3.8) is 0 Å². The smallest absolute Gasteiger partial charge is 0.166 e. The average molecular weight is 244 g/mol. The van der Waals surface area contributed by atoms with Crippen LogP contribution in [-0.2, 0) is 4.74 Å². The monoisotopic (exact) mass is 244 g/mol. The first-order chi connectivity index (χ1) is 7.66. The fourth-order valence-corrected chi connectivity index (χ4v) is 2.54. The average Bonchev–Trinajstić information content (AvgIpc) is 2.25. The molecule has 0 radical (unpaired) electrons. The molecule has 0 bridgehead atoms. The Bertz CT molecular complexity index is 215. The second kappa shape index (κ2) is 7.07. The molecular weight excluding hydrogens is 220 g/mol. The fourth-order valence-electron chi connectivity index (χ4n) is 2.19. The van der Waals surface area contributed by atoms with Crippen LogP contribution in [0, 0.1) is 0 Å². The van der Waals surface area contributed by atoms with Gasteiger partial charge in [-0.25, -0.2) is 0 Å². The molecule has 0 aromatic carbocycles. The van der Waals surface area contributed by atoms with Crippen LogP contribution in [0.3, 0.4) is 0 Å². The fraction of sp³-hybridized carbons (Fsp3) is 0.917. The number of nitrogens with one attached hydrogen (secondary N) is 2. The molecule has 1 fully saturated rings. The third kappa shape index (κ3) is 5.12. The van der Waals surface area contributed by atoms with Crippen LogP contribution in [0.2, 0.25) is 0 Å². The molecule has 1 aliphatic rings. The zero-order valence-electron chi connectivity index (χ0n) is 10.5. The van der Waals surface area contributed by atoms with Crippen molar-refractivity contribution >= 4 is 17.3 Å². The highest BCUT2D eigenvalue weighted by Gasteiger charge is 2.26. The summed E-state index contributed by atoms with van der Waals surface area (Å²) in [6.45, 7) is 3.94. The normalized spacial score (nSPS) is 19.1. The van der Waals surface area contributed by atoms with E-state index in [1.54, 1.807) is 7.11 Å². The van der Waals surface area contributed by atoms with Crippen molar-refractivity contribution in [3.8, 4) is 0 Å². The summed E-state index contributed by atoms with van der Waals surface area (Å²) in [6, 6.07) is 0. The largest absolute Gasteiger partial charge is 0.385 e. The standard InChI is InChI=1S/C12H24N2OS/c1-12(7-4-3-5-8-12)14-11(16)13-9-6-10-15-2/h3-10H2,1-2H3,(H2,13,14,16). The van der Waals surface area contributed by atoms with E-state index in [1.807, 2.05) is 0 Å². The van der Waals surface area contributed by atoms with Gasteiger partial charge in [0.15, 0.2) is 5.11 Å². The molecule has 1 rings (SSSR count). The van der Waals surface area contributed by atoms with Crippen molar-refractivity contribution in [2.45, 2.75) is 51.0 Å². The molecule has 1 aliphatic carbocycles. The van der Waals surface area contributed by atoms with E-state index in [0.29, 0.717) is 0 Å². The predicted octanol–water partition coefficient (Wildman–Crippen LogP) is 2.21. The van der Waals surface area contributed by atoms with Gasteiger partial charge in [-0.3, -0.25) is 0 Å². The maximum atomic E-state index is 5.29. The Morgan fingerprint density at radius 1 is 1.31 bits per heavy atom. The highest BCUT2D eigenvalue weighted by Crippen LogP contribution is 2.27. The molecule has 2 N–H and O–H groups in total. The lowest BCUT2D eigenvalue weighted by Crippen LogP contribution is -2.51. The summed E-state index contributed by atoms with van der Waals surface area (Å²) in [7, 11) is 1.72. The lowest BCUT2D eigenvalue weighted by atomic mass is 9.83. The van der Waals surface area contributed by atoms with Crippen molar-refractivity contribution in [1.29, 1.82) is 0 Å². The van der Waals surface area contributed by atoms with Gasteiger partial charge < -0.3 is 15.4 Å². The summed E-state index contributed by atoms with van der Waals surface area (Å²) in [5.41, 5.74) is 0.212. The highest BCUT2D eigenvalue weighted by molar-refractivity contribution is 7.80. The van der Waals surface area contributed by atoms with Gasteiger partial charge in [0.1, 0.15) is 0 Å². The van der Waals surface area contributed by atoms with E-state index in [0.717, 1.165) is 24.7 Å². The molecule has 4 heteroatoms. The summed E-state index contributed by atoms with van der Waals surface area (Å²) in [5.74, 6) is 0. The van der Waals surface area contributed by atoms with Crippen LogP contribution in [-0.4, -0.2) is 30.9 Å². The van der Waals surface area contributed by atoms with E-state index in [2.05, 4.69) is 17.6 Å². The van der Waals surface area contributed by atoms with E-state index >= 15 is 0 Å². The zero-order chi connectivity index (χ0) is 11.9. The minimum Gasteiger partial charge on any atom is -0.385 e. The summed E-state index contributed by atoms with van der Waals surface area (Å²) >= 11 is 5.29. The summed E-state index contributed by atoms with van der Waals surface area (Å²) in [4.78, 5) is 0. The number of hydrogen-bond acceptors (Lipinski definition) is 2. The molecule has 94 valence electrons. The molecule has 0 atom stereocenters. The molecule has 0 aromatic heterocycles. The van der Waals surface area contributed by atoms with Crippen LogP contribution in [0.4, 0.5) is 0 Å². The summed E-state index contributed by atoms with van der Waals surface area (Å²) < 4.78 is 4.99. The minimum atomic E-state index is 0.212. The first-order valence-electron chi connectivity index (χ1n) is 6.21. The first kappa shape index (κ1) is 13.7. The molecule has 0 saturated heterocycles. The maximum absolute atomic E-state index is 5.29. The van der Waals surface area contributed by atoms with E-state index in [4.69, 9.17) is 17.0 Å². The van der Waals surface area contributed by atoms with Gasteiger partial charge in [0.2, 0.25) is 0 Å². The molecular formula is C12H24N2OS. The van der Waals surface area contributed by atoms with Crippen LogP contribution in [0.25, 0.3) is 0 Å². The van der Waals surface area contributed by atoms with Crippen molar-refractivity contribution in [2.24, 2.45) is 0 Å². The van der Waals surface area contributed by atoms with Crippen molar-refractivity contribution < 1.29 is 4.74 Å². The van der Waals surface area contributed by atoms with E-state index < -0.39 is 0 Å². The number of methoxy groups -OCH3 is 1. The van der Waals surface area contributed by atoms with Crippen LogP contribution in [0.5, 0.6) is 0 Å². The van der Waals surface area contributed by atoms with Gasteiger partial charge in [0.25, 0.3) is 0 Å². The predicted molar refractivity (Wildman–Crippen MR) is 71.7 cm³/mol. The first-order valence-corrected chi connectivity index (χ1v) is 6.62. The van der Waals surface area contributed by atoms with E-state index in [9.17, 15) is 0 Å².